The molecule has 0 aliphatic heterocycles. The maximum absolute atomic E-state index is 11.3. The number of hydrogen-bond acceptors (Lipinski definition) is 4. The standard InChI is InChI=1S/C13H19NO3/c1-11-5-4-6-12(9-11)17-10-13(15)16-8-7-14(2)3/h4-6,9H,7-8,10H2,1-3H3. The largest absolute Gasteiger partial charge is 0.482 e. The zero-order chi connectivity index (χ0) is 12.7. The molecule has 0 radical (unpaired) electrons. The van der Waals surface area contributed by atoms with Crippen LogP contribution in [-0.2, 0) is 9.53 Å². The zero-order valence-electron chi connectivity index (χ0n) is 10.6. The first kappa shape index (κ1) is 13.5. The van der Waals surface area contributed by atoms with Gasteiger partial charge in [0.05, 0.1) is 0 Å². The molecule has 0 atom stereocenters. The Morgan fingerprint density at radius 1 is 1.35 bits per heavy atom. The fourth-order valence-electron chi connectivity index (χ4n) is 1.23. The maximum atomic E-state index is 11.3. The van der Waals surface area contributed by atoms with E-state index in [4.69, 9.17) is 9.47 Å². The fourth-order valence-corrected chi connectivity index (χ4v) is 1.23. The Morgan fingerprint density at radius 3 is 2.76 bits per heavy atom. The van der Waals surface area contributed by atoms with Crippen LogP contribution in [0.5, 0.6) is 5.75 Å². The third-order valence-corrected chi connectivity index (χ3v) is 2.15. The first-order chi connectivity index (χ1) is 8.08. The normalized spacial score (nSPS) is 10.4. The smallest absolute Gasteiger partial charge is 0.344 e. The van der Waals surface area contributed by atoms with Crippen molar-refractivity contribution in [1.82, 2.24) is 4.90 Å². The lowest BCUT2D eigenvalue weighted by Gasteiger charge is -2.10. The van der Waals surface area contributed by atoms with E-state index in [9.17, 15) is 4.79 Å². The Hall–Kier alpha value is -1.55. The summed E-state index contributed by atoms with van der Waals surface area (Å²) in [5, 5.41) is 0. The van der Waals surface area contributed by atoms with Gasteiger partial charge in [0.25, 0.3) is 0 Å². The van der Waals surface area contributed by atoms with Gasteiger partial charge in [-0.1, -0.05) is 12.1 Å². The number of aryl methyl sites for hydroxylation is 1. The molecule has 0 aliphatic carbocycles. The molecule has 1 rings (SSSR count). The Bertz CT molecular complexity index is 363. The van der Waals surface area contributed by atoms with Gasteiger partial charge in [-0.3, -0.25) is 0 Å². The lowest BCUT2D eigenvalue weighted by molar-refractivity contribution is -0.146. The molecule has 0 saturated carbocycles. The van der Waals surface area contributed by atoms with Gasteiger partial charge < -0.3 is 14.4 Å². The summed E-state index contributed by atoms with van der Waals surface area (Å²) in [6.07, 6.45) is 0. The number of hydrogen-bond donors (Lipinski definition) is 0. The van der Waals surface area contributed by atoms with Crippen molar-refractivity contribution in [2.24, 2.45) is 0 Å². The molecule has 94 valence electrons. The van der Waals surface area contributed by atoms with Crippen molar-refractivity contribution in [3.63, 3.8) is 0 Å². The van der Waals surface area contributed by atoms with Crippen LogP contribution in [0.15, 0.2) is 24.3 Å². The number of carbonyl (C=O) groups excluding carboxylic acids is 1. The van der Waals surface area contributed by atoms with Crippen LogP contribution >= 0.6 is 0 Å². The molecule has 0 unspecified atom stereocenters. The number of esters is 1. The van der Waals surface area contributed by atoms with Crippen LogP contribution in [0.25, 0.3) is 0 Å². The lowest BCUT2D eigenvalue weighted by Crippen LogP contribution is -2.22. The van der Waals surface area contributed by atoms with Crippen LogP contribution in [0.2, 0.25) is 0 Å². The molecule has 0 amide bonds. The highest BCUT2D eigenvalue weighted by atomic mass is 16.6. The number of nitrogens with zero attached hydrogens (tertiary/aromatic N) is 1. The Labute approximate surface area is 102 Å². The van der Waals surface area contributed by atoms with E-state index < -0.39 is 0 Å². The number of rotatable bonds is 6. The zero-order valence-corrected chi connectivity index (χ0v) is 10.6. The van der Waals surface area contributed by atoms with Crippen LogP contribution in [-0.4, -0.2) is 44.7 Å². The minimum Gasteiger partial charge on any atom is -0.482 e. The first-order valence-corrected chi connectivity index (χ1v) is 5.58. The highest BCUT2D eigenvalue weighted by molar-refractivity contribution is 5.71. The van der Waals surface area contributed by atoms with Crippen molar-refractivity contribution >= 4 is 5.97 Å². The molecule has 0 bridgehead atoms. The number of benzene rings is 1. The Morgan fingerprint density at radius 2 is 2.12 bits per heavy atom. The average molecular weight is 237 g/mol. The van der Waals surface area contributed by atoms with Gasteiger partial charge in [-0.05, 0) is 38.7 Å². The Kier molecular flexibility index (Phi) is 5.49. The van der Waals surface area contributed by atoms with Gasteiger partial charge in [0.15, 0.2) is 6.61 Å². The van der Waals surface area contributed by atoms with Crippen molar-refractivity contribution in [3.05, 3.63) is 29.8 Å². The monoisotopic (exact) mass is 237 g/mol. The third kappa shape index (κ3) is 5.92. The van der Waals surface area contributed by atoms with E-state index in [-0.39, 0.29) is 12.6 Å². The number of carbonyl (C=O) groups is 1. The topological polar surface area (TPSA) is 38.8 Å². The summed E-state index contributed by atoms with van der Waals surface area (Å²) in [5.41, 5.74) is 1.10. The predicted octanol–water partition coefficient (Wildman–Crippen LogP) is 1.48. The molecule has 0 fully saturated rings. The van der Waals surface area contributed by atoms with Gasteiger partial charge in [0.2, 0.25) is 0 Å². The first-order valence-electron chi connectivity index (χ1n) is 5.58. The summed E-state index contributed by atoms with van der Waals surface area (Å²) < 4.78 is 10.3. The predicted molar refractivity (Wildman–Crippen MR) is 66.2 cm³/mol. The lowest BCUT2D eigenvalue weighted by atomic mass is 10.2. The molecular weight excluding hydrogens is 218 g/mol. The van der Waals surface area contributed by atoms with Crippen LogP contribution in [0.4, 0.5) is 0 Å². The SMILES string of the molecule is Cc1cccc(OCC(=O)OCCN(C)C)c1. The Balaban J connectivity index is 2.24. The molecule has 4 nitrogen and oxygen atoms in total. The molecule has 1 aromatic rings. The maximum Gasteiger partial charge on any atom is 0.344 e. The summed E-state index contributed by atoms with van der Waals surface area (Å²) >= 11 is 0. The quantitative estimate of drug-likeness (QED) is 0.702. The van der Waals surface area contributed by atoms with Gasteiger partial charge in [-0.2, -0.15) is 0 Å². The van der Waals surface area contributed by atoms with Crippen LogP contribution in [0, 0.1) is 6.92 Å². The molecule has 0 aliphatic rings. The molecule has 4 heteroatoms. The number of ether oxygens (including phenoxy) is 2. The van der Waals surface area contributed by atoms with Crippen molar-refractivity contribution in [2.45, 2.75) is 6.92 Å². The van der Waals surface area contributed by atoms with Crippen LogP contribution in [0.3, 0.4) is 0 Å². The minimum atomic E-state index is -0.339. The fraction of sp³-hybridized carbons (Fsp3) is 0.462. The molecular formula is C13H19NO3. The van der Waals surface area contributed by atoms with Crippen molar-refractivity contribution in [2.75, 3.05) is 33.9 Å². The molecule has 0 saturated heterocycles. The summed E-state index contributed by atoms with van der Waals surface area (Å²) in [7, 11) is 3.86. The van der Waals surface area contributed by atoms with E-state index in [0.717, 1.165) is 12.1 Å². The molecule has 0 heterocycles. The highest BCUT2D eigenvalue weighted by Gasteiger charge is 2.04. The van der Waals surface area contributed by atoms with E-state index in [2.05, 4.69) is 0 Å². The summed E-state index contributed by atoms with van der Waals surface area (Å²) in [4.78, 5) is 13.3. The van der Waals surface area contributed by atoms with E-state index >= 15 is 0 Å². The van der Waals surface area contributed by atoms with Gasteiger partial charge in [0, 0.05) is 6.54 Å². The molecule has 0 N–H and O–H groups in total. The molecule has 0 aromatic heterocycles. The van der Waals surface area contributed by atoms with Crippen LogP contribution in [0.1, 0.15) is 5.56 Å². The second-order valence-corrected chi connectivity index (χ2v) is 4.13. The van der Waals surface area contributed by atoms with Gasteiger partial charge >= 0.3 is 5.97 Å². The molecule has 1 aromatic carbocycles. The van der Waals surface area contributed by atoms with Gasteiger partial charge in [-0.15, -0.1) is 0 Å². The van der Waals surface area contributed by atoms with E-state index in [0.29, 0.717) is 12.4 Å². The van der Waals surface area contributed by atoms with Crippen LogP contribution < -0.4 is 4.74 Å². The summed E-state index contributed by atoms with van der Waals surface area (Å²) in [6, 6.07) is 7.57. The average Bonchev–Trinajstić information content (AvgIpc) is 2.26. The van der Waals surface area contributed by atoms with E-state index in [1.807, 2.05) is 50.2 Å². The van der Waals surface area contributed by atoms with Crippen molar-refractivity contribution in [1.29, 1.82) is 0 Å². The number of likely N-dealkylation sites (N-methyl/N-ethyl adjacent to an activating group) is 1. The second kappa shape index (κ2) is 6.91. The van der Waals surface area contributed by atoms with Gasteiger partial charge in [0.1, 0.15) is 12.4 Å². The summed E-state index contributed by atoms with van der Waals surface area (Å²) in [5.74, 6) is 0.350. The minimum absolute atomic E-state index is 0.0448. The highest BCUT2D eigenvalue weighted by Crippen LogP contribution is 2.11. The van der Waals surface area contributed by atoms with Gasteiger partial charge in [-0.25, -0.2) is 4.79 Å². The third-order valence-electron chi connectivity index (χ3n) is 2.15. The van der Waals surface area contributed by atoms with Crippen molar-refractivity contribution < 1.29 is 14.3 Å². The van der Waals surface area contributed by atoms with E-state index in [1.54, 1.807) is 0 Å². The molecule has 0 spiro atoms. The van der Waals surface area contributed by atoms with E-state index in [1.165, 1.54) is 0 Å². The molecule has 17 heavy (non-hydrogen) atoms. The summed E-state index contributed by atoms with van der Waals surface area (Å²) in [6.45, 7) is 3.04. The van der Waals surface area contributed by atoms with Crippen molar-refractivity contribution in [3.8, 4) is 5.75 Å². The second-order valence-electron chi connectivity index (χ2n) is 4.13.